The lowest BCUT2D eigenvalue weighted by molar-refractivity contribution is -0.155. The van der Waals surface area contributed by atoms with Crippen LogP contribution in [0.1, 0.15) is 18.9 Å². The summed E-state index contributed by atoms with van der Waals surface area (Å²) in [5.41, 5.74) is 0.976. The SMILES string of the molecule is CCCNc1cc(CN2CCN(C)C(=O)C2=O)ccn1. The van der Waals surface area contributed by atoms with Gasteiger partial charge in [-0.3, -0.25) is 9.59 Å². The topological polar surface area (TPSA) is 65.5 Å². The third-order valence-electron chi connectivity index (χ3n) is 3.28. The first-order valence-electron chi connectivity index (χ1n) is 6.85. The lowest BCUT2D eigenvalue weighted by Gasteiger charge is -2.31. The zero-order chi connectivity index (χ0) is 14.5. The van der Waals surface area contributed by atoms with E-state index in [0.29, 0.717) is 19.6 Å². The summed E-state index contributed by atoms with van der Waals surface area (Å²) in [7, 11) is 1.65. The van der Waals surface area contributed by atoms with E-state index in [1.165, 1.54) is 4.90 Å². The number of hydrogen-bond acceptors (Lipinski definition) is 4. The summed E-state index contributed by atoms with van der Waals surface area (Å²) in [6, 6.07) is 3.79. The van der Waals surface area contributed by atoms with E-state index in [4.69, 9.17) is 0 Å². The van der Waals surface area contributed by atoms with Gasteiger partial charge in [0, 0.05) is 39.4 Å². The van der Waals surface area contributed by atoms with Crippen LogP contribution in [0.5, 0.6) is 0 Å². The molecule has 0 saturated carbocycles. The van der Waals surface area contributed by atoms with Gasteiger partial charge in [0.05, 0.1) is 0 Å². The second-order valence-corrected chi connectivity index (χ2v) is 4.93. The molecule has 2 amide bonds. The van der Waals surface area contributed by atoms with Gasteiger partial charge in [-0.15, -0.1) is 0 Å². The number of nitrogens with one attached hydrogen (secondary N) is 1. The van der Waals surface area contributed by atoms with E-state index in [9.17, 15) is 9.59 Å². The minimum absolute atomic E-state index is 0.432. The van der Waals surface area contributed by atoms with Crippen LogP contribution in [0, 0.1) is 0 Å². The van der Waals surface area contributed by atoms with Gasteiger partial charge in [-0.25, -0.2) is 4.98 Å². The van der Waals surface area contributed by atoms with Crippen LogP contribution in [0.15, 0.2) is 18.3 Å². The Morgan fingerprint density at radius 3 is 2.85 bits per heavy atom. The Morgan fingerprint density at radius 1 is 1.30 bits per heavy atom. The molecule has 1 saturated heterocycles. The minimum Gasteiger partial charge on any atom is -0.370 e. The molecule has 1 aliphatic rings. The molecule has 2 rings (SSSR count). The highest BCUT2D eigenvalue weighted by atomic mass is 16.2. The Balaban J connectivity index is 2.02. The van der Waals surface area contributed by atoms with Gasteiger partial charge in [0.1, 0.15) is 5.82 Å². The molecule has 0 radical (unpaired) electrons. The lowest BCUT2D eigenvalue weighted by atomic mass is 10.2. The van der Waals surface area contributed by atoms with Gasteiger partial charge in [-0.2, -0.15) is 0 Å². The number of carbonyl (C=O) groups is 2. The van der Waals surface area contributed by atoms with Crippen LogP contribution in [0.3, 0.4) is 0 Å². The fourth-order valence-corrected chi connectivity index (χ4v) is 2.07. The van der Waals surface area contributed by atoms with Crippen molar-refractivity contribution in [3.05, 3.63) is 23.9 Å². The number of hydrogen-bond donors (Lipinski definition) is 1. The van der Waals surface area contributed by atoms with Crippen molar-refractivity contribution in [3.63, 3.8) is 0 Å². The third-order valence-corrected chi connectivity index (χ3v) is 3.28. The quantitative estimate of drug-likeness (QED) is 0.804. The molecule has 0 atom stereocenters. The molecule has 6 heteroatoms. The number of likely N-dealkylation sites (N-methyl/N-ethyl adjacent to an activating group) is 1. The molecule has 1 aliphatic heterocycles. The Hall–Kier alpha value is -2.11. The number of piperazine rings is 1. The fraction of sp³-hybridized carbons (Fsp3) is 0.500. The first-order chi connectivity index (χ1) is 9.61. The summed E-state index contributed by atoms with van der Waals surface area (Å²) >= 11 is 0. The number of nitrogens with zero attached hydrogens (tertiary/aromatic N) is 3. The van der Waals surface area contributed by atoms with Crippen molar-refractivity contribution in [3.8, 4) is 0 Å². The Labute approximate surface area is 118 Å². The fourth-order valence-electron chi connectivity index (χ4n) is 2.07. The maximum Gasteiger partial charge on any atom is 0.312 e. The summed E-state index contributed by atoms with van der Waals surface area (Å²) in [5, 5.41) is 3.21. The van der Waals surface area contributed by atoms with Crippen LogP contribution < -0.4 is 5.32 Å². The Morgan fingerprint density at radius 2 is 2.10 bits per heavy atom. The Kier molecular flexibility index (Phi) is 4.55. The van der Waals surface area contributed by atoms with Crippen molar-refractivity contribution < 1.29 is 9.59 Å². The molecule has 1 N–H and O–H groups in total. The van der Waals surface area contributed by atoms with Gasteiger partial charge < -0.3 is 15.1 Å². The van der Waals surface area contributed by atoms with E-state index in [1.807, 2.05) is 12.1 Å². The zero-order valence-electron chi connectivity index (χ0n) is 11.9. The van der Waals surface area contributed by atoms with Gasteiger partial charge in [0.25, 0.3) is 0 Å². The average molecular weight is 276 g/mol. The summed E-state index contributed by atoms with van der Waals surface area (Å²) in [6.45, 7) is 4.55. The molecule has 1 aromatic rings. The van der Waals surface area contributed by atoms with Crippen LogP contribution in [-0.4, -0.2) is 53.3 Å². The second-order valence-electron chi connectivity index (χ2n) is 4.93. The predicted octanol–water partition coefficient (Wildman–Crippen LogP) is 0.704. The summed E-state index contributed by atoms with van der Waals surface area (Å²) < 4.78 is 0. The van der Waals surface area contributed by atoms with Crippen LogP contribution in [0.2, 0.25) is 0 Å². The van der Waals surface area contributed by atoms with Crippen molar-refractivity contribution in [1.82, 2.24) is 14.8 Å². The highest BCUT2D eigenvalue weighted by molar-refractivity contribution is 6.35. The molecule has 2 heterocycles. The lowest BCUT2D eigenvalue weighted by Crippen LogP contribution is -2.52. The van der Waals surface area contributed by atoms with Gasteiger partial charge >= 0.3 is 11.8 Å². The molecule has 0 spiro atoms. The number of carbonyl (C=O) groups excluding carboxylic acids is 2. The van der Waals surface area contributed by atoms with E-state index >= 15 is 0 Å². The van der Waals surface area contributed by atoms with Gasteiger partial charge in [-0.05, 0) is 24.1 Å². The predicted molar refractivity (Wildman–Crippen MR) is 76.1 cm³/mol. The summed E-state index contributed by atoms with van der Waals surface area (Å²) in [5.74, 6) is -0.0643. The minimum atomic E-state index is -0.436. The molecule has 108 valence electrons. The number of amides is 2. The maximum atomic E-state index is 11.9. The smallest absolute Gasteiger partial charge is 0.312 e. The standard InChI is InChI=1S/C14H20N4O2/c1-3-5-15-12-9-11(4-6-16-12)10-18-8-7-17(2)13(19)14(18)20/h4,6,9H,3,5,7-8,10H2,1-2H3,(H,15,16). The number of rotatable bonds is 5. The monoisotopic (exact) mass is 276 g/mol. The summed E-state index contributed by atoms with van der Waals surface area (Å²) in [6.07, 6.45) is 2.74. The van der Waals surface area contributed by atoms with E-state index in [-0.39, 0.29) is 0 Å². The molecule has 20 heavy (non-hydrogen) atoms. The van der Waals surface area contributed by atoms with Crippen molar-refractivity contribution in [2.45, 2.75) is 19.9 Å². The first-order valence-corrected chi connectivity index (χ1v) is 6.85. The Bertz CT molecular complexity index is 504. The summed E-state index contributed by atoms with van der Waals surface area (Å²) in [4.78, 5) is 30.8. The molecule has 6 nitrogen and oxygen atoms in total. The van der Waals surface area contributed by atoms with E-state index in [2.05, 4.69) is 17.2 Å². The van der Waals surface area contributed by atoms with Crippen molar-refractivity contribution in [2.24, 2.45) is 0 Å². The van der Waals surface area contributed by atoms with Crippen LogP contribution >= 0.6 is 0 Å². The molecule has 0 aliphatic carbocycles. The molecule has 0 bridgehead atoms. The van der Waals surface area contributed by atoms with Crippen LogP contribution in [0.25, 0.3) is 0 Å². The highest BCUT2D eigenvalue weighted by Crippen LogP contribution is 2.12. The second kappa shape index (κ2) is 6.36. The third kappa shape index (κ3) is 3.26. The highest BCUT2D eigenvalue weighted by Gasteiger charge is 2.30. The van der Waals surface area contributed by atoms with Crippen LogP contribution in [-0.2, 0) is 16.1 Å². The van der Waals surface area contributed by atoms with Gasteiger partial charge in [-0.1, -0.05) is 6.92 Å². The zero-order valence-corrected chi connectivity index (χ0v) is 11.9. The maximum absolute atomic E-state index is 11.9. The van der Waals surface area contributed by atoms with E-state index in [0.717, 1.165) is 24.3 Å². The largest absolute Gasteiger partial charge is 0.370 e. The number of pyridine rings is 1. The molecular weight excluding hydrogens is 256 g/mol. The first kappa shape index (κ1) is 14.3. The normalized spacial score (nSPS) is 15.7. The van der Waals surface area contributed by atoms with Crippen molar-refractivity contribution in [2.75, 3.05) is 32.0 Å². The van der Waals surface area contributed by atoms with E-state index in [1.54, 1.807) is 18.1 Å². The van der Waals surface area contributed by atoms with E-state index < -0.39 is 11.8 Å². The average Bonchev–Trinajstić information content (AvgIpc) is 2.46. The molecular formula is C14H20N4O2. The molecule has 1 fully saturated rings. The van der Waals surface area contributed by atoms with Crippen molar-refractivity contribution >= 4 is 17.6 Å². The molecule has 1 aromatic heterocycles. The molecule has 0 aromatic carbocycles. The van der Waals surface area contributed by atoms with Crippen molar-refractivity contribution in [1.29, 1.82) is 0 Å². The van der Waals surface area contributed by atoms with Gasteiger partial charge in [0.15, 0.2) is 0 Å². The van der Waals surface area contributed by atoms with Crippen LogP contribution in [0.4, 0.5) is 5.82 Å². The number of anilines is 1. The van der Waals surface area contributed by atoms with Gasteiger partial charge in [0.2, 0.25) is 0 Å². The number of aromatic nitrogens is 1. The molecule has 0 unspecified atom stereocenters.